The highest BCUT2D eigenvalue weighted by Gasteiger charge is 2.82. The Kier molecular flexibility index (Phi) is 3.73. The topological polar surface area (TPSA) is 37.3 Å². The molecule has 0 aromatic heterocycles. The van der Waals surface area contributed by atoms with Crippen molar-refractivity contribution in [3.8, 4) is 0 Å². The standard InChI is InChI=1S/C7H6F8O2/c1-2-4(8,9)6(12,13)7(14,15)5(10,11)3(16)17/h2H2,1H3,(H,16,17). The zero-order chi connectivity index (χ0) is 14.3. The molecular formula is C7H6F8O2. The van der Waals surface area contributed by atoms with Gasteiger partial charge in [-0.2, -0.15) is 35.1 Å². The van der Waals surface area contributed by atoms with Gasteiger partial charge in [0.1, 0.15) is 0 Å². The zero-order valence-electron chi connectivity index (χ0n) is 8.09. The molecule has 0 aliphatic heterocycles. The van der Waals surface area contributed by atoms with Crippen molar-refractivity contribution in [3.05, 3.63) is 0 Å². The second kappa shape index (κ2) is 3.98. The summed E-state index contributed by atoms with van der Waals surface area (Å²) in [5.74, 6) is -28.6. The summed E-state index contributed by atoms with van der Waals surface area (Å²) in [7, 11) is 0. The van der Waals surface area contributed by atoms with Crippen LogP contribution in [0.25, 0.3) is 0 Å². The van der Waals surface area contributed by atoms with Crippen LogP contribution in [0.15, 0.2) is 0 Å². The molecule has 0 aliphatic carbocycles. The number of hydrogen-bond acceptors (Lipinski definition) is 1. The van der Waals surface area contributed by atoms with E-state index in [4.69, 9.17) is 5.11 Å². The summed E-state index contributed by atoms with van der Waals surface area (Å²) in [6.07, 6.45) is -1.86. The number of hydrogen-bond donors (Lipinski definition) is 1. The van der Waals surface area contributed by atoms with Gasteiger partial charge in [-0.15, -0.1) is 0 Å². The molecule has 0 aliphatic rings. The Morgan fingerprint density at radius 3 is 1.53 bits per heavy atom. The van der Waals surface area contributed by atoms with Crippen molar-refractivity contribution in [1.29, 1.82) is 0 Å². The SMILES string of the molecule is CCC(F)(F)C(F)(F)C(F)(F)C(F)(F)C(=O)O. The highest BCUT2D eigenvalue weighted by Crippen LogP contribution is 2.53. The van der Waals surface area contributed by atoms with Crippen LogP contribution in [0.5, 0.6) is 0 Å². The van der Waals surface area contributed by atoms with E-state index >= 15 is 0 Å². The number of alkyl halides is 8. The lowest BCUT2D eigenvalue weighted by molar-refractivity contribution is -0.359. The molecule has 0 amide bonds. The molecule has 0 atom stereocenters. The van der Waals surface area contributed by atoms with E-state index < -0.39 is 36.1 Å². The largest absolute Gasteiger partial charge is 0.477 e. The smallest absolute Gasteiger partial charge is 0.410 e. The van der Waals surface area contributed by atoms with Gasteiger partial charge in [0, 0.05) is 6.42 Å². The van der Waals surface area contributed by atoms with Crippen LogP contribution in [0.3, 0.4) is 0 Å². The maximum Gasteiger partial charge on any atom is 0.410 e. The summed E-state index contributed by atoms with van der Waals surface area (Å²) in [5, 5.41) is 7.67. The van der Waals surface area contributed by atoms with Crippen LogP contribution in [0.4, 0.5) is 35.1 Å². The minimum Gasteiger partial charge on any atom is -0.477 e. The van der Waals surface area contributed by atoms with Crippen molar-refractivity contribution in [2.75, 3.05) is 0 Å². The third kappa shape index (κ3) is 2.04. The Hall–Kier alpha value is -1.09. The Morgan fingerprint density at radius 2 is 1.29 bits per heavy atom. The average Bonchev–Trinajstić information content (AvgIpc) is 2.16. The van der Waals surface area contributed by atoms with E-state index in [-0.39, 0.29) is 0 Å². The molecule has 0 radical (unpaired) electrons. The number of rotatable bonds is 5. The highest BCUT2D eigenvalue weighted by molar-refractivity contribution is 5.77. The molecule has 0 unspecified atom stereocenters. The Bertz CT molecular complexity index is 311. The first-order valence-electron chi connectivity index (χ1n) is 4.00. The summed E-state index contributed by atoms with van der Waals surface area (Å²) >= 11 is 0. The third-order valence-corrected chi connectivity index (χ3v) is 1.96. The Morgan fingerprint density at radius 1 is 0.941 bits per heavy atom. The molecule has 0 fully saturated rings. The molecule has 102 valence electrons. The van der Waals surface area contributed by atoms with Gasteiger partial charge in [-0.1, -0.05) is 6.92 Å². The lowest BCUT2D eigenvalue weighted by Crippen LogP contribution is -2.64. The fourth-order valence-corrected chi connectivity index (χ4v) is 0.783. The lowest BCUT2D eigenvalue weighted by Gasteiger charge is -2.34. The predicted octanol–water partition coefficient (Wildman–Crippen LogP) is 3.02. The van der Waals surface area contributed by atoms with Crippen molar-refractivity contribution >= 4 is 5.97 Å². The second-order valence-electron chi connectivity index (χ2n) is 3.09. The van der Waals surface area contributed by atoms with Crippen molar-refractivity contribution in [3.63, 3.8) is 0 Å². The fraction of sp³-hybridized carbons (Fsp3) is 0.857. The zero-order valence-corrected chi connectivity index (χ0v) is 8.09. The molecule has 10 heteroatoms. The van der Waals surface area contributed by atoms with Gasteiger partial charge in [-0.25, -0.2) is 4.79 Å². The van der Waals surface area contributed by atoms with Gasteiger partial charge >= 0.3 is 29.7 Å². The van der Waals surface area contributed by atoms with Crippen LogP contribution in [-0.2, 0) is 4.79 Å². The van der Waals surface area contributed by atoms with Crippen LogP contribution in [0.2, 0.25) is 0 Å². The van der Waals surface area contributed by atoms with E-state index in [0.717, 1.165) is 0 Å². The normalized spacial score (nSPS) is 14.9. The van der Waals surface area contributed by atoms with Gasteiger partial charge in [-0.3, -0.25) is 0 Å². The van der Waals surface area contributed by atoms with Crippen LogP contribution in [-0.4, -0.2) is 34.8 Å². The average molecular weight is 274 g/mol. The monoisotopic (exact) mass is 274 g/mol. The minimum absolute atomic E-state index is 0.364. The highest BCUT2D eigenvalue weighted by atomic mass is 19.4. The molecule has 2 nitrogen and oxygen atoms in total. The van der Waals surface area contributed by atoms with Gasteiger partial charge in [0.2, 0.25) is 0 Å². The van der Waals surface area contributed by atoms with Crippen molar-refractivity contribution in [2.45, 2.75) is 37.0 Å². The molecule has 0 spiro atoms. The third-order valence-electron chi connectivity index (χ3n) is 1.96. The van der Waals surface area contributed by atoms with E-state index in [1.807, 2.05) is 0 Å². The van der Waals surface area contributed by atoms with E-state index in [1.165, 1.54) is 0 Å². The first kappa shape index (κ1) is 15.9. The number of carbonyl (C=O) groups is 1. The van der Waals surface area contributed by atoms with Crippen LogP contribution in [0, 0.1) is 0 Å². The number of aliphatic carboxylic acids is 1. The molecule has 17 heavy (non-hydrogen) atoms. The number of carboxylic acid groups (broad SMARTS) is 1. The lowest BCUT2D eigenvalue weighted by atomic mass is 9.97. The summed E-state index contributed by atoms with van der Waals surface area (Å²) in [4.78, 5) is 9.72. The molecule has 0 saturated carbocycles. The van der Waals surface area contributed by atoms with E-state index in [9.17, 15) is 39.9 Å². The van der Waals surface area contributed by atoms with Crippen LogP contribution in [0.1, 0.15) is 13.3 Å². The summed E-state index contributed by atoms with van der Waals surface area (Å²) < 4.78 is 99.9. The van der Waals surface area contributed by atoms with E-state index in [2.05, 4.69) is 0 Å². The molecule has 0 saturated heterocycles. The molecular weight excluding hydrogens is 268 g/mol. The van der Waals surface area contributed by atoms with Gasteiger partial charge in [0.15, 0.2) is 0 Å². The first-order valence-corrected chi connectivity index (χ1v) is 4.00. The van der Waals surface area contributed by atoms with Crippen molar-refractivity contribution < 1.29 is 45.0 Å². The molecule has 0 rings (SSSR count). The van der Waals surface area contributed by atoms with Gasteiger partial charge in [0.25, 0.3) is 0 Å². The maximum absolute atomic E-state index is 12.6. The van der Waals surface area contributed by atoms with Crippen LogP contribution < -0.4 is 0 Å². The second-order valence-corrected chi connectivity index (χ2v) is 3.09. The minimum atomic E-state index is -6.72. The van der Waals surface area contributed by atoms with Crippen LogP contribution >= 0.6 is 0 Å². The Labute approximate surface area is 89.2 Å². The Balaban J connectivity index is 5.69. The van der Waals surface area contributed by atoms with E-state index in [0.29, 0.717) is 6.92 Å². The van der Waals surface area contributed by atoms with E-state index in [1.54, 1.807) is 0 Å². The first-order chi connectivity index (χ1) is 7.25. The number of halogens is 8. The molecule has 0 aromatic rings. The number of carboxylic acids is 1. The van der Waals surface area contributed by atoms with Gasteiger partial charge in [-0.05, 0) is 0 Å². The quantitative estimate of drug-likeness (QED) is 0.782. The van der Waals surface area contributed by atoms with Crippen molar-refractivity contribution in [1.82, 2.24) is 0 Å². The maximum atomic E-state index is 12.6. The van der Waals surface area contributed by atoms with Gasteiger partial charge in [0.05, 0.1) is 0 Å². The fourth-order valence-electron chi connectivity index (χ4n) is 0.783. The molecule has 0 aromatic carbocycles. The van der Waals surface area contributed by atoms with Gasteiger partial charge < -0.3 is 5.11 Å². The van der Waals surface area contributed by atoms with Crippen molar-refractivity contribution in [2.24, 2.45) is 0 Å². The summed E-state index contributed by atoms with van der Waals surface area (Å²) in [5.41, 5.74) is 0. The summed E-state index contributed by atoms with van der Waals surface area (Å²) in [6.45, 7) is 0.364. The summed E-state index contributed by atoms with van der Waals surface area (Å²) in [6, 6.07) is 0. The molecule has 1 N–H and O–H groups in total. The predicted molar refractivity (Wildman–Crippen MR) is 37.7 cm³/mol. The molecule has 0 bridgehead atoms. The molecule has 0 heterocycles.